The number of nitrogens with one attached hydrogen (secondary N) is 4. The number of rotatable bonds is 14. The first-order valence-corrected chi connectivity index (χ1v) is 19.0. The van der Waals surface area contributed by atoms with E-state index < -0.39 is 5.91 Å². The maximum atomic E-state index is 13.3. The van der Waals surface area contributed by atoms with Crippen molar-refractivity contribution in [3.8, 4) is 0 Å². The van der Waals surface area contributed by atoms with Crippen LogP contribution in [-0.4, -0.2) is 61.0 Å². The van der Waals surface area contributed by atoms with Gasteiger partial charge in [0.25, 0.3) is 0 Å². The van der Waals surface area contributed by atoms with E-state index in [4.69, 9.17) is 0 Å². The van der Waals surface area contributed by atoms with Crippen LogP contribution in [0.1, 0.15) is 155 Å². The molecule has 3 unspecified atom stereocenters. The fraction of sp³-hybridized carbons (Fsp3) is 0.865. The predicted molar refractivity (Wildman–Crippen MR) is 182 cm³/mol. The van der Waals surface area contributed by atoms with Gasteiger partial charge in [-0.3, -0.25) is 24.0 Å². The second-order valence-corrected chi connectivity index (χ2v) is 14.4. The van der Waals surface area contributed by atoms with Crippen molar-refractivity contribution >= 4 is 29.3 Å². The van der Waals surface area contributed by atoms with Gasteiger partial charge in [0.1, 0.15) is 5.78 Å². The van der Waals surface area contributed by atoms with Crippen molar-refractivity contribution < 1.29 is 24.0 Å². The standard InChI is InChI=1S/C37H64N4O5/c1-28-36(30-20-14-10-6-7-11-15-21-30)37(46)31(41-28)22-16-17-25-38-34(44)26-40-35(45)27-39-33(43)24-23-32(42)29-18-12-8-4-2-3-5-9-13-19-29/h28-31,36,41H,2-27H2,1H3,(H,38,44)(H,39,43)(H,40,45). The van der Waals surface area contributed by atoms with Gasteiger partial charge < -0.3 is 21.3 Å². The van der Waals surface area contributed by atoms with Gasteiger partial charge in [-0.2, -0.15) is 0 Å². The van der Waals surface area contributed by atoms with Crippen molar-refractivity contribution in [1.82, 2.24) is 21.3 Å². The smallest absolute Gasteiger partial charge is 0.239 e. The van der Waals surface area contributed by atoms with Gasteiger partial charge in [-0.05, 0) is 57.8 Å². The summed E-state index contributed by atoms with van der Waals surface area (Å²) in [4.78, 5) is 62.7. The lowest BCUT2D eigenvalue weighted by Gasteiger charge is -2.25. The molecule has 4 N–H and O–H groups in total. The Morgan fingerprint density at radius 1 is 0.630 bits per heavy atom. The molecule has 0 aromatic rings. The van der Waals surface area contributed by atoms with Gasteiger partial charge in [-0.25, -0.2) is 0 Å². The van der Waals surface area contributed by atoms with Crippen LogP contribution in [0.3, 0.4) is 0 Å². The Balaban J connectivity index is 1.22. The van der Waals surface area contributed by atoms with Gasteiger partial charge in [-0.15, -0.1) is 0 Å². The number of Topliss-reactive ketones (excluding diaryl/α,β-unsaturated/α-hetero) is 2. The average molecular weight is 645 g/mol. The molecule has 1 heterocycles. The van der Waals surface area contributed by atoms with Crippen LogP contribution in [0.5, 0.6) is 0 Å². The highest BCUT2D eigenvalue weighted by atomic mass is 16.2. The van der Waals surface area contributed by atoms with Crippen molar-refractivity contribution in [2.75, 3.05) is 19.6 Å². The van der Waals surface area contributed by atoms with Gasteiger partial charge in [-0.1, -0.05) is 89.9 Å². The third-order valence-corrected chi connectivity index (χ3v) is 10.6. The zero-order valence-corrected chi connectivity index (χ0v) is 28.8. The Labute approximate surface area is 278 Å². The Morgan fingerprint density at radius 2 is 1.13 bits per heavy atom. The van der Waals surface area contributed by atoms with Crippen molar-refractivity contribution in [3.05, 3.63) is 0 Å². The third-order valence-electron chi connectivity index (χ3n) is 10.6. The molecule has 1 aliphatic heterocycles. The van der Waals surface area contributed by atoms with E-state index in [1.165, 1.54) is 89.9 Å². The number of hydrogen-bond donors (Lipinski definition) is 4. The van der Waals surface area contributed by atoms with E-state index in [1.807, 2.05) is 0 Å². The van der Waals surface area contributed by atoms with Gasteiger partial charge in [0.05, 0.1) is 19.1 Å². The minimum absolute atomic E-state index is 0.0518. The van der Waals surface area contributed by atoms with Crippen LogP contribution in [0.15, 0.2) is 0 Å². The first-order chi connectivity index (χ1) is 22.3. The summed E-state index contributed by atoms with van der Waals surface area (Å²) in [6.07, 6.45) is 24.2. The minimum atomic E-state index is -0.437. The molecule has 9 nitrogen and oxygen atoms in total. The van der Waals surface area contributed by atoms with Gasteiger partial charge in [0, 0.05) is 37.3 Å². The number of unbranched alkanes of at least 4 members (excludes halogenated alkanes) is 1. The van der Waals surface area contributed by atoms with Crippen LogP contribution >= 0.6 is 0 Å². The molecule has 0 aromatic heterocycles. The monoisotopic (exact) mass is 644 g/mol. The number of hydrogen-bond acceptors (Lipinski definition) is 6. The third kappa shape index (κ3) is 14.6. The first kappa shape index (κ1) is 38.2. The topological polar surface area (TPSA) is 133 Å². The van der Waals surface area contributed by atoms with Crippen LogP contribution < -0.4 is 21.3 Å². The zero-order valence-electron chi connectivity index (χ0n) is 28.8. The number of amides is 3. The van der Waals surface area contributed by atoms with Gasteiger partial charge >= 0.3 is 0 Å². The number of carbonyl (C=O) groups is 5. The Bertz CT molecular complexity index is 934. The van der Waals surface area contributed by atoms with Crippen LogP contribution in [0, 0.1) is 17.8 Å². The molecule has 3 rings (SSSR count). The van der Waals surface area contributed by atoms with E-state index in [0.717, 1.165) is 44.9 Å². The summed E-state index contributed by atoms with van der Waals surface area (Å²) in [5.41, 5.74) is 0. The molecule has 46 heavy (non-hydrogen) atoms. The molecule has 0 aromatic carbocycles. The fourth-order valence-corrected chi connectivity index (χ4v) is 7.89. The Morgan fingerprint density at radius 3 is 1.72 bits per heavy atom. The molecule has 1 saturated heterocycles. The maximum Gasteiger partial charge on any atom is 0.239 e. The summed E-state index contributed by atoms with van der Waals surface area (Å²) in [5, 5.41) is 11.5. The van der Waals surface area contributed by atoms with Crippen molar-refractivity contribution in [2.24, 2.45) is 17.8 Å². The van der Waals surface area contributed by atoms with Crippen LogP contribution in [0.25, 0.3) is 0 Å². The highest BCUT2D eigenvalue weighted by molar-refractivity contribution is 5.90. The van der Waals surface area contributed by atoms with E-state index in [2.05, 4.69) is 28.2 Å². The van der Waals surface area contributed by atoms with Gasteiger partial charge in [0.15, 0.2) is 5.78 Å². The molecule has 262 valence electrons. The highest BCUT2D eigenvalue weighted by Gasteiger charge is 2.42. The van der Waals surface area contributed by atoms with E-state index in [0.29, 0.717) is 18.2 Å². The molecular weight excluding hydrogens is 580 g/mol. The molecular formula is C37H64N4O5. The van der Waals surface area contributed by atoms with E-state index >= 15 is 0 Å². The summed E-state index contributed by atoms with van der Waals surface area (Å²) in [6.45, 7) is 2.28. The van der Waals surface area contributed by atoms with Crippen molar-refractivity contribution in [2.45, 2.75) is 167 Å². The number of carbonyl (C=O) groups excluding carboxylic acids is 5. The molecule has 0 radical (unpaired) electrons. The molecule has 3 aliphatic rings. The molecule has 3 amide bonds. The molecule has 9 heteroatoms. The molecule has 2 aliphatic carbocycles. The molecule has 3 atom stereocenters. The van der Waals surface area contributed by atoms with E-state index in [1.54, 1.807) is 0 Å². The lowest BCUT2D eigenvalue weighted by atomic mass is 9.79. The lowest BCUT2D eigenvalue weighted by Crippen LogP contribution is -2.42. The van der Waals surface area contributed by atoms with E-state index in [-0.39, 0.29) is 67.4 Å². The largest absolute Gasteiger partial charge is 0.355 e. The number of ketones is 2. The SMILES string of the molecule is CC1NC(CCCCNC(=O)CNC(=O)CNC(=O)CCC(=O)C2CCCCCCCCCC2)C(=O)C1C1CCCCCCCC1. The van der Waals surface area contributed by atoms with E-state index in [9.17, 15) is 24.0 Å². The zero-order chi connectivity index (χ0) is 33.0. The normalized spacial score (nSPS) is 24.5. The second-order valence-electron chi connectivity index (χ2n) is 14.4. The maximum absolute atomic E-state index is 13.3. The second kappa shape index (κ2) is 22.3. The Kier molecular flexibility index (Phi) is 18.5. The molecule has 0 bridgehead atoms. The summed E-state index contributed by atoms with van der Waals surface area (Å²) >= 11 is 0. The summed E-state index contributed by atoms with van der Waals surface area (Å²) < 4.78 is 0. The molecule has 2 saturated carbocycles. The molecule has 0 spiro atoms. The van der Waals surface area contributed by atoms with Crippen molar-refractivity contribution in [1.29, 1.82) is 0 Å². The Hall–Kier alpha value is -2.29. The van der Waals surface area contributed by atoms with Crippen LogP contribution in [0.4, 0.5) is 0 Å². The van der Waals surface area contributed by atoms with Crippen LogP contribution in [0.2, 0.25) is 0 Å². The average Bonchev–Trinajstić information content (AvgIpc) is 3.36. The van der Waals surface area contributed by atoms with Gasteiger partial charge in [0.2, 0.25) is 17.7 Å². The predicted octanol–water partition coefficient (Wildman–Crippen LogP) is 5.68. The quantitative estimate of drug-likeness (QED) is 0.180. The van der Waals surface area contributed by atoms with Crippen LogP contribution in [-0.2, 0) is 24.0 Å². The fourth-order valence-electron chi connectivity index (χ4n) is 7.89. The lowest BCUT2D eigenvalue weighted by molar-refractivity contribution is -0.129. The highest BCUT2D eigenvalue weighted by Crippen LogP contribution is 2.34. The first-order valence-electron chi connectivity index (χ1n) is 19.0. The van der Waals surface area contributed by atoms with Crippen molar-refractivity contribution in [3.63, 3.8) is 0 Å². The summed E-state index contributed by atoms with van der Waals surface area (Å²) in [5.74, 6) is 0.206. The summed E-state index contributed by atoms with van der Waals surface area (Å²) in [7, 11) is 0. The summed E-state index contributed by atoms with van der Waals surface area (Å²) in [6, 6.07) is 0.143. The minimum Gasteiger partial charge on any atom is -0.355 e. The molecule has 3 fully saturated rings.